The first-order chi connectivity index (χ1) is 9.28. The maximum atomic E-state index is 11.5. The Morgan fingerprint density at radius 2 is 2.21 bits per heavy atom. The van der Waals surface area contributed by atoms with Crippen LogP contribution < -0.4 is 14.8 Å². The molecule has 7 nitrogen and oxygen atoms in total. The Morgan fingerprint density at radius 3 is 3.05 bits per heavy atom. The standard InChI is InChI=1S/C12H11N3O4/c1-2-13-11(16)12-14-10(15-19-12)7-3-4-8-9(5-7)18-6-17-8/h3-5H,2,6H2,1H3,(H,13,16). The number of fused-ring (bicyclic) bond motifs is 1. The summed E-state index contributed by atoms with van der Waals surface area (Å²) in [7, 11) is 0. The summed E-state index contributed by atoms with van der Waals surface area (Å²) in [6.07, 6.45) is 0. The molecule has 1 aliphatic rings. The van der Waals surface area contributed by atoms with Gasteiger partial charge in [0.05, 0.1) is 0 Å². The van der Waals surface area contributed by atoms with Gasteiger partial charge in [-0.1, -0.05) is 5.16 Å². The number of nitrogens with one attached hydrogen (secondary N) is 1. The highest BCUT2D eigenvalue weighted by molar-refractivity contribution is 5.89. The van der Waals surface area contributed by atoms with Crippen molar-refractivity contribution in [3.8, 4) is 22.9 Å². The number of nitrogens with zero attached hydrogens (tertiary/aromatic N) is 2. The zero-order chi connectivity index (χ0) is 13.2. The van der Waals surface area contributed by atoms with Crippen molar-refractivity contribution in [2.75, 3.05) is 13.3 Å². The number of rotatable bonds is 3. The molecule has 1 amide bonds. The quantitative estimate of drug-likeness (QED) is 0.893. The van der Waals surface area contributed by atoms with E-state index in [0.717, 1.165) is 0 Å². The van der Waals surface area contributed by atoms with Crippen LogP contribution in [0, 0.1) is 0 Å². The molecule has 19 heavy (non-hydrogen) atoms. The third-order valence-corrected chi connectivity index (χ3v) is 2.59. The lowest BCUT2D eigenvalue weighted by Gasteiger charge is -1.97. The number of ether oxygens (including phenoxy) is 2. The first-order valence-electron chi connectivity index (χ1n) is 5.80. The molecule has 1 aromatic heterocycles. The fourth-order valence-electron chi connectivity index (χ4n) is 1.70. The summed E-state index contributed by atoms with van der Waals surface area (Å²) in [5.74, 6) is 1.19. The minimum absolute atomic E-state index is 0.0606. The molecule has 0 radical (unpaired) electrons. The average molecular weight is 261 g/mol. The van der Waals surface area contributed by atoms with Crippen LogP contribution in [-0.2, 0) is 0 Å². The van der Waals surface area contributed by atoms with Crippen LogP contribution in [0.4, 0.5) is 0 Å². The van der Waals surface area contributed by atoms with Gasteiger partial charge in [-0.2, -0.15) is 4.98 Å². The molecule has 3 rings (SSSR count). The van der Waals surface area contributed by atoms with Gasteiger partial charge in [0.15, 0.2) is 11.5 Å². The average Bonchev–Trinajstić information content (AvgIpc) is 3.07. The molecule has 0 saturated carbocycles. The Labute approximate surface area is 108 Å². The number of hydrogen-bond donors (Lipinski definition) is 1. The van der Waals surface area contributed by atoms with Gasteiger partial charge in [-0.15, -0.1) is 0 Å². The molecule has 1 aliphatic heterocycles. The van der Waals surface area contributed by atoms with E-state index < -0.39 is 0 Å². The van der Waals surface area contributed by atoms with Crippen molar-refractivity contribution in [3.05, 3.63) is 24.1 Å². The lowest BCUT2D eigenvalue weighted by molar-refractivity contribution is 0.0912. The summed E-state index contributed by atoms with van der Waals surface area (Å²) in [4.78, 5) is 15.6. The summed E-state index contributed by atoms with van der Waals surface area (Å²) in [6, 6.07) is 5.29. The Kier molecular flexibility index (Phi) is 2.79. The van der Waals surface area contributed by atoms with Gasteiger partial charge in [0.25, 0.3) is 0 Å². The first-order valence-corrected chi connectivity index (χ1v) is 5.80. The van der Waals surface area contributed by atoms with Gasteiger partial charge < -0.3 is 19.3 Å². The predicted molar refractivity (Wildman–Crippen MR) is 63.9 cm³/mol. The monoisotopic (exact) mass is 261 g/mol. The summed E-state index contributed by atoms with van der Waals surface area (Å²) in [6.45, 7) is 2.52. The van der Waals surface area contributed by atoms with E-state index >= 15 is 0 Å². The van der Waals surface area contributed by atoms with E-state index in [4.69, 9.17) is 14.0 Å². The van der Waals surface area contributed by atoms with E-state index in [1.54, 1.807) is 18.2 Å². The molecule has 1 aromatic carbocycles. The second kappa shape index (κ2) is 4.60. The molecule has 0 atom stereocenters. The lowest BCUT2D eigenvalue weighted by atomic mass is 10.2. The van der Waals surface area contributed by atoms with Crippen molar-refractivity contribution in [2.45, 2.75) is 6.92 Å². The van der Waals surface area contributed by atoms with E-state index in [2.05, 4.69) is 15.5 Å². The lowest BCUT2D eigenvalue weighted by Crippen LogP contribution is -2.22. The molecule has 1 N–H and O–H groups in total. The van der Waals surface area contributed by atoms with Crippen molar-refractivity contribution in [2.24, 2.45) is 0 Å². The Hall–Kier alpha value is -2.57. The third-order valence-electron chi connectivity index (χ3n) is 2.59. The normalized spacial score (nSPS) is 12.5. The molecule has 2 aromatic rings. The number of carbonyl (C=O) groups excluding carboxylic acids is 1. The highest BCUT2D eigenvalue weighted by Crippen LogP contribution is 2.35. The van der Waals surface area contributed by atoms with Gasteiger partial charge in [0.1, 0.15) is 0 Å². The van der Waals surface area contributed by atoms with E-state index in [1.807, 2.05) is 6.92 Å². The summed E-state index contributed by atoms with van der Waals surface area (Å²) in [5.41, 5.74) is 0.698. The van der Waals surface area contributed by atoms with Gasteiger partial charge in [0.2, 0.25) is 12.6 Å². The topological polar surface area (TPSA) is 86.5 Å². The van der Waals surface area contributed by atoms with Crippen molar-refractivity contribution in [1.82, 2.24) is 15.5 Å². The van der Waals surface area contributed by atoms with Crippen LogP contribution in [0.5, 0.6) is 11.5 Å². The molecule has 0 saturated heterocycles. The zero-order valence-electron chi connectivity index (χ0n) is 10.2. The summed E-state index contributed by atoms with van der Waals surface area (Å²) >= 11 is 0. The number of carbonyl (C=O) groups is 1. The number of amides is 1. The molecule has 0 unspecified atom stereocenters. The van der Waals surface area contributed by atoms with Crippen LogP contribution in [0.1, 0.15) is 17.6 Å². The smallest absolute Gasteiger partial charge is 0.316 e. The molecular formula is C12H11N3O4. The van der Waals surface area contributed by atoms with Crippen LogP contribution in [0.15, 0.2) is 22.7 Å². The molecule has 98 valence electrons. The minimum atomic E-state index is -0.387. The maximum absolute atomic E-state index is 11.5. The number of aromatic nitrogens is 2. The highest BCUT2D eigenvalue weighted by Gasteiger charge is 2.18. The Morgan fingerprint density at radius 1 is 1.37 bits per heavy atom. The van der Waals surface area contributed by atoms with Crippen LogP contribution in [0.25, 0.3) is 11.4 Å². The van der Waals surface area contributed by atoms with Gasteiger partial charge in [-0.05, 0) is 25.1 Å². The van der Waals surface area contributed by atoms with Crippen molar-refractivity contribution in [1.29, 1.82) is 0 Å². The molecule has 0 spiro atoms. The Bertz CT molecular complexity index is 623. The van der Waals surface area contributed by atoms with Crippen molar-refractivity contribution in [3.63, 3.8) is 0 Å². The molecule has 0 fully saturated rings. The van der Waals surface area contributed by atoms with Crippen LogP contribution in [0.3, 0.4) is 0 Å². The fourth-order valence-corrected chi connectivity index (χ4v) is 1.70. The third kappa shape index (κ3) is 2.10. The summed E-state index contributed by atoms with van der Waals surface area (Å²) in [5, 5.41) is 6.36. The van der Waals surface area contributed by atoms with Crippen molar-refractivity contribution < 1.29 is 18.8 Å². The number of benzene rings is 1. The van der Waals surface area contributed by atoms with Crippen LogP contribution in [0.2, 0.25) is 0 Å². The van der Waals surface area contributed by atoms with E-state index in [9.17, 15) is 4.79 Å². The molecule has 7 heteroatoms. The second-order valence-electron chi connectivity index (χ2n) is 3.85. The maximum Gasteiger partial charge on any atom is 0.316 e. The SMILES string of the molecule is CCNC(=O)c1nc(-c2ccc3c(c2)OCO3)no1. The first kappa shape index (κ1) is 11.5. The fraction of sp³-hybridized carbons (Fsp3) is 0.250. The van der Waals surface area contributed by atoms with Crippen molar-refractivity contribution >= 4 is 5.91 Å². The predicted octanol–water partition coefficient (Wildman–Crippen LogP) is 1.22. The van der Waals surface area contributed by atoms with Gasteiger partial charge in [-0.3, -0.25) is 4.79 Å². The van der Waals surface area contributed by atoms with E-state index in [1.165, 1.54) is 0 Å². The van der Waals surface area contributed by atoms with Crippen LogP contribution in [-0.4, -0.2) is 29.4 Å². The molecule has 0 aliphatic carbocycles. The van der Waals surface area contributed by atoms with E-state index in [0.29, 0.717) is 29.4 Å². The second-order valence-corrected chi connectivity index (χ2v) is 3.85. The largest absolute Gasteiger partial charge is 0.454 e. The van der Waals surface area contributed by atoms with Crippen LogP contribution >= 0.6 is 0 Å². The highest BCUT2D eigenvalue weighted by atomic mass is 16.7. The molecule has 0 bridgehead atoms. The number of hydrogen-bond acceptors (Lipinski definition) is 6. The summed E-state index contributed by atoms with van der Waals surface area (Å²) < 4.78 is 15.4. The minimum Gasteiger partial charge on any atom is -0.454 e. The van der Waals surface area contributed by atoms with Gasteiger partial charge >= 0.3 is 11.8 Å². The Balaban J connectivity index is 1.88. The van der Waals surface area contributed by atoms with Gasteiger partial charge in [0, 0.05) is 12.1 Å². The van der Waals surface area contributed by atoms with Gasteiger partial charge in [-0.25, -0.2) is 0 Å². The molecule has 2 heterocycles. The van der Waals surface area contributed by atoms with E-state index in [-0.39, 0.29) is 18.6 Å². The zero-order valence-corrected chi connectivity index (χ0v) is 10.2. The molecular weight excluding hydrogens is 250 g/mol.